The van der Waals surface area contributed by atoms with Gasteiger partial charge in [-0.2, -0.15) is 0 Å². The van der Waals surface area contributed by atoms with Crippen molar-refractivity contribution >= 4 is 44.6 Å². The minimum atomic E-state index is -0.350. The van der Waals surface area contributed by atoms with Crippen LogP contribution in [0.4, 0.5) is 0 Å². The van der Waals surface area contributed by atoms with Gasteiger partial charge in [-0.15, -0.1) is 0 Å². The molecule has 3 aromatic rings. The van der Waals surface area contributed by atoms with Crippen molar-refractivity contribution in [1.82, 2.24) is 15.5 Å². The number of hydrogen-bond acceptors (Lipinski definition) is 4. The van der Waals surface area contributed by atoms with Crippen LogP contribution in [-0.2, 0) is 9.53 Å². The predicted molar refractivity (Wildman–Crippen MR) is 134 cm³/mol. The highest BCUT2D eigenvalue weighted by Gasteiger charge is 2.17. The monoisotopic (exact) mass is 507 g/mol. The van der Waals surface area contributed by atoms with Crippen molar-refractivity contribution in [2.75, 3.05) is 39.4 Å². The number of halogens is 1. The largest absolute Gasteiger partial charge is 0.379 e. The highest BCUT2D eigenvalue weighted by molar-refractivity contribution is 9.10. The van der Waals surface area contributed by atoms with E-state index >= 15 is 0 Å². The summed E-state index contributed by atoms with van der Waals surface area (Å²) in [5.74, 6) is -0.672. The van der Waals surface area contributed by atoms with Gasteiger partial charge in [-0.3, -0.25) is 14.5 Å². The van der Waals surface area contributed by atoms with E-state index in [9.17, 15) is 9.59 Å². The summed E-state index contributed by atoms with van der Waals surface area (Å²) in [5, 5.41) is 7.85. The number of hydrogen-bond donors (Lipinski definition) is 2. The molecule has 1 saturated heterocycles. The molecule has 1 fully saturated rings. The third-order valence-electron chi connectivity index (χ3n) is 5.55. The number of rotatable bonds is 7. The lowest BCUT2D eigenvalue weighted by Crippen LogP contribution is -2.42. The molecule has 2 N–H and O–H groups in total. The molecule has 3 aromatic carbocycles. The number of amides is 2. The van der Waals surface area contributed by atoms with Gasteiger partial charge in [0, 0.05) is 30.7 Å². The summed E-state index contributed by atoms with van der Waals surface area (Å²) >= 11 is 3.41. The molecule has 1 aliphatic rings. The zero-order valence-corrected chi connectivity index (χ0v) is 19.8. The zero-order chi connectivity index (χ0) is 23.0. The van der Waals surface area contributed by atoms with E-state index in [1.54, 1.807) is 24.3 Å². The maximum Gasteiger partial charge on any atom is 0.267 e. The van der Waals surface area contributed by atoms with E-state index in [4.69, 9.17) is 4.74 Å². The Hall–Kier alpha value is -3.00. The predicted octanol–water partition coefficient (Wildman–Crippen LogP) is 3.82. The normalized spacial score (nSPS) is 14.8. The van der Waals surface area contributed by atoms with Crippen molar-refractivity contribution < 1.29 is 14.3 Å². The van der Waals surface area contributed by atoms with Crippen LogP contribution in [0.25, 0.3) is 16.8 Å². The molecule has 170 valence electrons. The minimum absolute atomic E-state index is 0.203. The molecule has 33 heavy (non-hydrogen) atoms. The topological polar surface area (TPSA) is 70.7 Å². The average molecular weight is 508 g/mol. The van der Waals surface area contributed by atoms with Crippen molar-refractivity contribution in [3.05, 3.63) is 88.0 Å². The first kappa shape index (κ1) is 23.2. The molecule has 0 aromatic heterocycles. The third kappa shape index (κ3) is 6.07. The van der Waals surface area contributed by atoms with Gasteiger partial charge in [0.15, 0.2) is 0 Å². The number of benzene rings is 3. The van der Waals surface area contributed by atoms with Crippen molar-refractivity contribution in [2.45, 2.75) is 0 Å². The molecule has 0 spiro atoms. The van der Waals surface area contributed by atoms with Crippen molar-refractivity contribution in [2.24, 2.45) is 0 Å². The number of nitrogens with one attached hydrogen (secondary N) is 2. The third-order valence-corrected chi connectivity index (χ3v) is 6.24. The number of carbonyl (C=O) groups excluding carboxylic acids is 2. The Labute approximate surface area is 201 Å². The van der Waals surface area contributed by atoms with Crippen LogP contribution in [0.5, 0.6) is 0 Å². The zero-order valence-electron chi connectivity index (χ0n) is 18.2. The highest BCUT2D eigenvalue weighted by Crippen LogP contribution is 2.21. The Morgan fingerprint density at radius 3 is 2.52 bits per heavy atom. The van der Waals surface area contributed by atoms with Gasteiger partial charge in [-0.25, -0.2) is 0 Å². The Kier molecular flexibility index (Phi) is 7.88. The van der Waals surface area contributed by atoms with E-state index in [1.807, 2.05) is 48.5 Å². The molecule has 0 atom stereocenters. The second-order valence-corrected chi connectivity index (χ2v) is 8.62. The van der Waals surface area contributed by atoms with Crippen LogP contribution < -0.4 is 10.6 Å². The van der Waals surface area contributed by atoms with E-state index in [0.29, 0.717) is 29.8 Å². The molecule has 0 unspecified atom stereocenters. The van der Waals surface area contributed by atoms with E-state index in [0.717, 1.165) is 36.0 Å². The Balaban J connectivity index is 1.57. The van der Waals surface area contributed by atoms with Gasteiger partial charge in [-0.05, 0) is 50.5 Å². The second kappa shape index (κ2) is 11.2. The van der Waals surface area contributed by atoms with Crippen LogP contribution in [0.1, 0.15) is 15.9 Å². The fourth-order valence-corrected chi connectivity index (χ4v) is 4.24. The molecule has 0 radical (unpaired) electrons. The Bertz CT molecular complexity index is 1170. The van der Waals surface area contributed by atoms with Gasteiger partial charge in [0.1, 0.15) is 5.70 Å². The summed E-state index contributed by atoms with van der Waals surface area (Å²) < 4.78 is 6.04. The van der Waals surface area contributed by atoms with Crippen LogP contribution >= 0.6 is 15.9 Å². The highest BCUT2D eigenvalue weighted by atomic mass is 79.9. The molecular weight excluding hydrogens is 482 g/mol. The van der Waals surface area contributed by atoms with E-state index < -0.39 is 0 Å². The second-order valence-electron chi connectivity index (χ2n) is 7.77. The summed E-state index contributed by atoms with van der Waals surface area (Å²) in [4.78, 5) is 28.3. The SMILES string of the molecule is O=C(NCCN1CCOCC1)/C(=C\c1cccc2ccccc12)NC(=O)c1ccccc1Br. The fraction of sp³-hybridized carbons (Fsp3) is 0.231. The van der Waals surface area contributed by atoms with E-state index in [1.165, 1.54) is 0 Å². The Morgan fingerprint density at radius 2 is 1.70 bits per heavy atom. The quantitative estimate of drug-likeness (QED) is 0.477. The first-order chi connectivity index (χ1) is 16.1. The van der Waals surface area contributed by atoms with Gasteiger partial charge in [0.2, 0.25) is 0 Å². The molecule has 0 bridgehead atoms. The molecule has 1 aliphatic heterocycles. The molecule has 4 rings (SSSR count). The fourth-order valence-electron chi connectivity index (χ4n) is 3.77. The maximum atomic E-state index is 13.1. The summed E-state index contributed by atoms with van der Waals surface area (Å²) in [6, 6.07) is 21.0. The first-order valence-electron chi connectivity index (χ1n) is 11.0. The molecule has 0 saturated carbocycles. The lowest BCUT2D eigenvalue weighted by Gasteiger charge is -2.26. The molecule has 7 heteroatoms. The standard InChI is InChI=1S/C26H26BrN3O3/c27-23-11-4-3-10-22(23)25(31)29-24(26(32)28-12-13-30-14-16-33-17-15-30)18-20-8-5-7-19-6-1-2-9-21(19)20/h1-11,18H,12-17H2,(H,28,32)(H,29,31)/b24-18+. The van der Waals surface area contributed by atoms with Gasteiger partial charge in [0.25, 0.3) is 11.8 Å². The average Bonchev–Trinajstić information content (AvgIpc) is 2.84. The molecule has 1 heterocycles. The summed E-state index contributed by atoms with van der Waals surface area (Å²) in [6.07, 6.45) is 1.74. The van der Waals surface area contributed by atoms with Crippen LogP contribution in [0, 0.1) is 0 Å². The summed E-state index contributed by atoms with van der Waals surface area (Å²) in [7, 11) is 0. The number of fused-ring (bicyclic) bond motifs is 1. The van der Waals surface area contributed by atoms with Crippen LogP contribution in [-0.4, -0.2) is 56.1 Å². The van der Waals surface area contributed by atoms with Crippen LogP contribution in [0.3, 0.4) is 0 Å². The number of ether oxygens (including phenoxy) is 1. The number of morpholine rings is 1. The lowest BCUT2D eigenvalue weighted by atomic mass is 10.0. The summed E-state index contributed by atoms with van der Waals surface area (Å²) in [6.45, 7) is 4.34. The Morgan fingerprint density at radius 1 is 0.970 bits per heavy atom. The number of carbonyl (C=O) groups is 2. The van der Waals surface area contributed by atoms with Crippen molar-refractivity contribution in [3.63, 3.8) is 0 Å². The van der Waals surface area contributed by atoms with Crippen molar-refractivity contribution in [1.29, 1.82) is 0 Å². The molecule has 0 aliphatic carbocycles. The van der Waals surface area contributed by atoms with Gasteiger partial charge in [-0.1, -0.05) is 54.6 Å². The van der Waals surface area contributed by atoms with Gasteiger partial charge < -0.3 is 15.4 Å². The molecule has 2 amide bonds. The van der Waals surface area contributed by atoms with E-state index in [-0.39, 0.29) is 17.5 Å². The van der Waals surface area contributed by atoms with Crippen LogP contribution in [0.2, 0.25) is 0 Å². The van der Waals surface area contributed by atoms with E-state index in [2.05, 4.69) is 31.5 Å². The first-order valence-corrected chi connectivity index (χ1v) is 11.7. The maximum absolute atomic E-state index is 13.1. The molecule has 6 nitrogen and oxygen atoms in total. The number of nitrogens with zero attached hydrogens (tertiary/aromatic N) is 1. The molecular formula is C26H26BrN3O3. The summed E-state index contributed by atoms with van der Waals surface area (Å²) in [5.41, 5.74) is 1.52. The minimum Gasteiger partial charge on any atom is -0.379 e. The lowest BCUT2D eigenvalue weighted by molar-refractivity contribution is -0.117. The van der Waals surface area contributed by atoms with Crippen molar-refractivity contribution in [3.8, 4) is 0 Å². The van der Waals surface area contributed by atoms with Gasteiger partial charge >= 0.3 is 0 Å². The van der Waals surface area contributed by atoms with Gasteiger partial charge in [0.05, 0.1) is 18.8 Å². The smallest absolute Gasteiger partial charge is 0.267 e. The van der Waals surface area contributed by atoms with Crippen LogP contribution in [0.15, 0.2) is 76.9 Å².